The minimum atomic E-state index is -4.45. The molecule has 1 aromatic rings. The van der Waals surface area contributed by atoms with E-state index < -0.39 is 17.7 Å². The van der Waals surface area contributed by atoms with Crippen molar-refractivity contribution in [2.24, 2.45) is 15.9 Å². The molecule has 2 aliphatic rings. The molecule has 8 heteroatoms. The Kier molecular flexibility index (Phi) is 5.58. The summed E-state index contributed by atoms with van der Waals surface area (Å²) in [4.78, 5) is 14.6. The van der Waals surface area contributed by atoms with Gasteiger partial charge in [-0.05, 0) is 55.2 Å². The summed E-state index contributed by atoms with van der Waals surface area (Å²) in [6.07, 6.45) is -1.52. The third kappa shape index (κ3) is 4.85. The zero-order chi connectivity index (χ0) is 21.4. The number of benzene rings is 1. The average molecular weight is 411 g/mol. The molecule has 160 valence electrons. The van der Waals surface area contributed by atoms with E-state index in [9.17, 15) is 18.0 Å². The van der Waals surface area contributed by atoms with Crippen LogP contribution in [0.15, 0.2) is 29.4 Å². The lowest BCUT2D eigenvalue weighted by atomic mass is 9.65. The quantitative estimate of drug-likeness (QED) is 0.333. The van der Waals surface area contributed by atoms with Crippen LogP contribution in [0.1, 0.15) is 52.5 Å². The monoisotopic (exact) mass is 411 g/mol. The number of carbonyl (C=O) groups is 1. The van der Waals surface area contributed by atoms with Crippen LogP contribution in [0.5, 0.6) is 0 Å². The van der Waals surface area contributed by atoms with Crippen molar-refractivity contribution >= 4 is 17.5 Å². The molecule has 2 bridgehead atoms. The number of esters is 1. The van der Waals surface area contributed by atoms with Gasteiger partial charge in [-0.3, -0.25) is 5.43 Å². The molecule has 0 aromatic heterocycles. The number of ether oxygens (including phenoxy) is 1. The van der Waals surface area contributed by atoms with Gasteiger partial charge in [0.15, 0.2) is 0 Å². The Morgan fingerprint density at radius 3 is 2.69 bits per heavy atom. The number of alkyl halides is 3. The van der Waals surface area contributed by atoms with Crippen LogP contribution in [-0.2, 0) is 15.7 Å². The number of nitrogens with one attached hydrogen (secondary N) is 1. The minimum absolute atomic E-state index is 0.0654. The number of amidine groups is 1. The molecule has 2 fully saturated rings. The lowest BCUT2D eigenvalue weighted by molar-refractivity contribution is -0.138. The number of hydrogen-bond acceptors (Lipinski definition) is 4. The number of carbonyl (C=O) groups excluding carboxylic acids is 1. The number of halogens is 3. The predicted octanol–water partition coefficient (Wildman–Crippen LogP) is 4.89. The van der Waals surface area contributed by atoms with Gasteiger partial charge in [-0.1, -0.05) is 26.8 Å². The van der Waals surface area contributed by atoms with E-state index in [1.165, 1.54) is 12.1 Å². The van der Waals surface area contributed by atoms with Crippen LogP contribution in [0.3, 0.4) is 0 Å². The Hall–Kier alpha value is -2.25. The van der Waals surface area contributed by atoms with Crippen LogP contribution in [-0.4, -0.2) is 35.9 Å². The third-order valence-corrected chi connectivity index (χ3v) is 5.63. The van der Waals surface area contributed by atoms with E-state index in [0.717, 1.165) is 31.4 Å². The van der Waals surface area contributed by atoms with Crippen molar-refractivity contribution in [3.05, 3.63) is 29.8 Å². The summed E-state index contributed by atoms with van der Waals surface area (Å²) in [5.41, 5.74) is 2.24. The Balaban J connectivity index is 1.88. The highest BCUT2D eigenvalue weighted by Gasteiger charge is 2.51. The Morgan fingerprint density at radius 1 is 1.31 bits per heavy atom. The Bertz CT molecular complexity index is 807. The molecule has 5 nitrogen and oxygen atoms in total. The van der Waals surface area contributed by atoms with Crippen LogP contribution in [0.25, 0.3) is 0 Å². The van der Waals surface area contributed by atoms with E-state index >= 15 is 0 Å². The summed E-state index contributed by atoms with van der Waals surface area (Å²) in [7, 11) is 0. The number of hydrazone groups is 1. The van der Waals surface area contributed by atoms with Gasteiger partial charge in [-0.2, -0.15) is 13.2 Å². The fourth-order valence-electron chi connectivity index (χ4n) is 5.01. The van der Waals surface area contributed by atoms with Gasteiger partial charge in [0.2, 0.25) is 5.84 Å². The fraction of sp³-hybridized carbons (Fsp3) is 0.619. The number of hydrogen-bond donors (Lipinski definition) is 1. The molecule has 1 aromatic carbocycles. The molecule has 1 N–H and O–H groups in total. The lowest BCUT2D eigenvalue weighted by Crippen LogP contribution is -2.42. The van der Waals surface area contributed by atoms with E-state index in [2.05, 4.69) is 31.3 Å². The van der Waals surface area contributed by atoms with Crippen molar-refractivity contribution < 1.29 is 22.7 Å². The van der Waals surface area contributed by atoms with Crippen molar-refractivity contribution in [2.75, 3.05) is 18.6 Å². The minimum Gasteiger partial charge on any atom is -0.460 e. The lowest BCUT2D eigenvalue weighted by Gasteiger charge is -2.39. The maximum atomic E-state index is 13.0. The summed E-state index contributed by atoms with van der Waals surface area (Å²) >= 11 is 0. The summed E-state index contributed by atoms with van der Waals surface area (Å²) < 4.78 is 44.1. The number of rotatable bonds is 3. The van der Waals surface area contributed by atoms with Crippen molar-refractivity contribution in [3.63, 3.8) is 0 Å². The molecule has 0 radical (unpaired) electrons. The molecule has 1 saturated heterocycles. The number of anilines is 1. The van der Waals surface area contributed by atoms with Crippen molar-refractivity contribution in [1.82, 2.24) is 4.90 Å². The molecular weight excluding hydrogens is 383 g/mol. The van der Waals surface area contributed by atoms with E-state index in [4.69, 9.17) is 4.74 Å². The van der Waals surface area contributed by atoms with E-state index in [1.54, 1.807) is 6.92 Å². The van der Waals surface area contributed by atoms with Gasteiger partial charge in [-0.15, -0.1) is 5.10 Å². The first-order valence-electron chi connectivity index (χ1n) is 9.87. The summed E-state index contributed by atoms with van der Waals surface area (Å²) in [6.45, 7) is 9.24. The fourth-order valence-corrected chi connectivity index (χ4v) is 5.01. The van der Waals surface area contributed by atoms with Crippen molar-refractivity contribution in [3.8, 4) is 0 Å². The maximum absolute atomic E-state index is 13.0. The molecule has 2 atom stereocenters. The first-order chi connectivity index (χ1) is 13.4. The topological polar surface area (TPSA) is 53.9 Å². The molecule has 0 spiro atoms. The number of nitrogens with zero attached hydrogens (tertiary/aromatic N) is 2. The van der Waals surface area contributed by atoms with Gasteiger partial charge >= 0.3 is 12.1 Å². The van der Waals surface area contributed by atoms with Gasteiger partial charge in [0, 0.05) is 12.6 Å². The van der Waals surface area contributed by atoms with Crippen molar-refractivity contribution in [1.29, 1.82) is 0 Å². The summed E-state index contributed by atoms with van der Waals surface area (Å²) in [5.74, 6) is -0.448. The highest BCUT2D eigenvalue weighted by atomic mass is 19.4. The molecular formula is C21H28F3N3O2. The van der Waals surface area contributed by atoms with Gasteiger partial charge in [-0.25, -0.2) is 4.79 Å². The SMILES string of the molecule is CCOC(=O)/C(=N/Nc1cccc(C(F)(F)F)c1)N1CC2(C)CC1CC(C)(C)C2. The highest BCUT2D eigenvalue weighted by Crippen LogP contribution is 2.52. The molecule has 3 rings (SSSR count). The molecule has 1 aliphatic heterocycles. The second kappa shape index (κ2) is 7.54. The standard InChI is InChI=1S/C21H28F3N3O2/c1-5-29-18(28)17(26-25-15-8-6-7-14(9-15)21(22,23)24)27-13-20(4)11-16(27)10-19(2,3)12-20/h6-9,16,25H,5,10-13H2,1-4H3/b26-17-. The predicted molar refractivity (Wildman–Crippen MR) is 105 cm³/mol. The third-order valence-electron chi connectivity index (χ3n) is 5.63. The smallest absolute Gasteiger partial charge is 0.416 e. The summed E-state index contributed by atoms with van der Waals surface area (Å²) in [6, 6.07) is 4.90. The van der Waals surface area contributed by atoms with Gasteiger partial charge in [0.25, 0.3) is 0 Å². The second-order valence-corrected chi connectivity index (χ2v) is 9.19. The largest absolute Gasteiger partial charge is 0.460 e. The number of likely N-dealkylation sites (tertiary alicyclic amines) is 1. The van der Waals surface area contributed by atoms with Crippen LogP contribution in [0.4, 0.5) is 18.9 Å². The molecule has 0 amide bonds. The highest BCUT2D eigenvalue weighted by molar-refractivity contribution is 6.35. The maximum Gasteiger partial charge on any atom is 0.416 e. The second-order valence-electron chi connectivity index (χ2n) is 9.19. The first kappa shape index (κ1) is 21.5. The van der Waals surface area contributed by atoms with Gasteiger partial charge in [0.05, 0.1) is 17.9 Å². The van der Waals surface area contributed by atoms with Gasteiger partial charge in [0.1, 0.15) is 0 Å². The summed E-state index contributed by atoms with van der Waals surface area (Å²) in [5, 5.41) is 4.21. The van der Waals surface area contributed by atoms with E-state index in [1.807, 2.05) is 4.90 Å². The Labute approximate surface area is 169 Å². The van der Waals surface area contributed by atoms with Crippen LogP contribution in [0.2, 0.25) is 0 Å². The Morgan fingerprint density at radius 2 is 2.03 bits per heavy atom. The molecule has 29 heavy (non-hydrogen) atoms. The molecule has 1 saturated carbocycles. The van der Waals surface area contributed by atoms with Crippen molar-refractivity contribution in [2.45, 2.75) is 59.2 Å². The van der Waals surface area contributed by atoms with Crippen LogP contribution in [0, 0.1) is 10.8 Å². The molecule has 1 aliphatic carbocycles. The molecule has 2 unspecified atom stereocenters. The van der Waals surface area contributed by atoms with E-state index in [-0.39, 0.29) is 35.0 Å². The zero-order valence-corrected chi connectivity index (χ0v) is 17.3. The van der Waals surface area contributed by atoms with Crippen LogP contribution >= 0.6 is 0 Å². The zero-order valence-electron chi connectivity index (χ0n) is 17.3. The normalized spacial score (nSPS) is 26.4. The average Bonchev–Trinajstić information content (AvgIpc) is 2.83. The number of fused-ring (bicyclic) bond motifs is 2. The van der Waals surface area contributed by atoms with Gasteiger partial charge < -0.3 is 9.64 Å². The molecule has 1 heterocycles. The first-order valence-corrected chi connectivity index (χ1v) is 9.87. The van der Waals surface area contributed by atoms with Crippen LogP contribution < -0.4 is 5.43 Å². The van der Waals surface area contributed by atoms with E-state index in [0.29, 0.717) is 6.54 Å².